The standard InChI is InChI=1S/C12H15ClO2/c1-6(2)8-5-9(13)10(7(3)4)12(15)11(8)14/h5-7H,1-4H3. The number of hydrogen-bond acceptors (Lipinski definition) is 2. The van der Waals surface area contributed by atoms with Crippen molar-refractivity contribution in [2.45, 2.75) is 27.7 Å². The topological polar surface area (TPSA) is 34.1 Å². The summed E-state index contributed by atoms with van der Waals surface area (Å²) in [7, 11) is 0. The molecule has 0 aromatic rings. The normalized spacial score (nSPS) is 17.9. The quantitative estimate of drug-likeness (QED) is 0.536. The van der Waals surface area contributed by atoms with Gasteiger partial charge < -0.3 is 0 Å². The molecular formula is C12H15ClO2. The fraction of sp³-hybridized carbons (Fsp3) is 0.500. The summed E-state index contributed by atoms with van der Waals surface area (Å²) in [4.78, 5) is 23.5. The maximum absolute atomic E-state index is 11.8. The highest BCUT2D eigenvalue weighted by Crippen LogP contribution is 2.29. The molecule has 1 aliphatic rings. The van der Waals surface area contributed by atoms with Crippen molar-refractivity contribution in [3.8, 4) is 0 Å². The fourth-order valence-electron chi connectivity index (χ4n) is 1.61. The van der Waals surface area contributed by atoms with Crippen molar-refractivity contribution in [1.29, 1.82) is 0 Å². The first-order valence-electron chi connectivity index (χ1n) is 5.06. The molecule has 0 saturated heterocycles. The maximum Gasteiger partial charge on any atom is 0.230 e. The number of hydrogen-bond donors (Lipinski definition) is 0. The first-order chi connectivity index (χ1) is 6.86. The molecule has 0 amide bonds. The van der Waals surface area contributed by atoms with Crippen LogP contribution in [-0.4, -0.2) is 11.6 Å². The van der Waals surface area contributed by atoms with E-state index in [1.807, 2.05) is 27.7 Å². The SMILES string of the molecule is CC(C)C1=CC(Cl)=C(C(C)C)C(=O)C1=O. The van der Waals surface area contributed by atoms with Crippen LogP contribution in [0.1, 0.15) is 27.7 Å². The van der Waals surface area contributed by atoms with Crippen molar-refractivity contribution < 1.29 is 9.59 Å². The van der Waals surface area contributed by atoms with Gasteiger partial charge in [0.25, 0.3) is 0 Å². The molecular weight excluding hydrogens is 212 g/mol. The van der Waals surface area contributed by atoms with E-state index in [1.54, 1.807) is 6.08 Å². The average molecular weight is 227 g/mol. The zero-order valence-corrected chi connectivity index (χ0v) is 10.2. The third-order valence-electron chi connectivity index (χ3n) is 2.45. The molecule has 0 bridgehead atoms. The van der Waals surface area contributed by atoms with Crippen LogP contribution in [0, 0.1) is 11.8 Å². The molecule has 0 aliphatic heterocycles. The van der Waals surface area contributed by atoms with Gasteiger partial charge in [-0.1, -0.05) is 39.3 Å². The van der Waals surface area contributed by atoms with E-state index in [-0.39, 0.29) is 11.8 Å². The lowest BCUT2D eigenvalue weighted by molar-refractivity contribution is -0.132. The number of allylic oxidation sites excluding steroid dienone is 4. The highest BCUT2D eigenvalue weighted by molar-refractivity contribution is 6.53. The molecule has 0 heterocycles. The van der Waals surface area contributed by atoms with Gasteiger partial charge in [0, 0.05) is 16.2 Å². The van der Waals surface area contributed by atoms with E-state index in [0.717, 1.165) is 0 Å². The Kier molecular flexibility index (Phi) is 3.50. The molecule has 0 unspecified atom stereocenters. The van der Waals surface area contributed by atoms with Crippen molar-refractivity contribution in [2.24, 2.45) is 11.8 Å². The Morgan fingerprint density at radius 1 is 1.00 bits per heavy atom. The van der Waals surface area contributed by atoms with Gasteiger partial charge >= 0.3 is 0 Å². The van der Waals surface area contributed by atoms with Gasteiger partial charge in [-0.3, -0.25) is 9.59 Å². The Balaban J connectivity index is 3.27. The zero-order chi connectivity index (χ0) is 11.7. The average Bonchev–Trinajstić information content (AvgIpc) is 2.10. The minimum absolute atomic E-state index is 0.0149. The van der Waals surface area contributed by atoms with E-state index in [1.165, 1.54) is 0 Å². The van der Waals surface area contributed by atoms with Gasteiger partial charge in [-0.2, -0.15) is 0 Å². The Hall–Kier alpha value is -0.890. The number of carbonyl (C=O) groups excluding carboxylic acids is 2. The minimum atomic E-state index is -0.443. The van der Waals surface area contributed by atoms with E-state index >= 15 is 0 Å². The summed E-state index contributed by atoms with van der Waals surface area (Å²) in [6, 6.07) is 0. The van der Waals surface area contributed by atoms with Crippen LogP contribution in [0.2, 0.25) is 0 Å². The predicted octanol–water partition coefficient (Wildman–Crippen LogP) is 2.87. The first-order valence-corrected chi connectivity index (χ1v) is 5.44. The van der Waals surface area contributed by atoms with Crippen molar-refractivity contribution in [3.05, 3.63) is 22.3 Å². The van der Waals surface area contributed by atoms with Gasteiger partial charge in [0.05, 0.1) is 0 Å². The molecule has 1 rings (SSSR count). The lowest BCUT2D eigenvalue weighted by Crippen LogP contribution is -2.27. The second-order valence-electron chi connectivity index (χ2n) is 4.33. The molecule has 0 fully saturated rings. The first kappa shape index (κ1) is 12.2. The van der Waals surface area contributed by atoms with Crippen LogP contribution in [0.5, 0.6) is 0 Å². The lowest BCUT2D eigenvalue weighted by Gasteiger charge is -2.19. The molecule has 0 spiro atoms. The van der Waals surface area contributed by atoms with Crippen LogP contribution in [0.4, 0.5) is 0 Å². The van der Waals surface area contributed by atoms with E-state index in [9.17, 15) is 9.59 Å². The molecule has 0 N–H and O–H groups in total. The second-order valence-corrected chi connectivity index (χ2v) is 4.74. The van der Waals surface area contributed by atoms with Crippen LogP contribution >= 0.6 is 11.6 Å². The molecule has 0 radical (unpaired) electrons. The third kappa shape index (κ3) is 2.20. The zero-order valence-electron chi connectivity index (χ0n) is 9.43. The van der Waals surface area contributed by atoms with Crippen LogP contribution in [0.3, 0.4) is 0 Å². The summed E-state index contributed by atoms with van der Waals surface area (Å²) in [6.45, 7) is 7.47. The highest BCUT2D eigenvalue weighted by Gasteiger charge is 2.31. The Morgan fingerprint density at radius 3 is 1.93 bits per heavy atom. The highest BCUT2D eigenvalue weighted by atomic mass is 35.5. The van der Waals surface area contributed by atoms with E-state index in [0.29, 0.717) is 16.2 Å². The van der Waals surface area contributed by atoms with Gasteiger partial charge in [0.2, 0.25) is 11.6 Å². The Labute approximate surface area is 95.0 Å². The summed E-state index contributed by atoms with van der Waals surface area (Å²) >= 11 is 6.01. The number of halogens is 1. The van der Waals surface area contributed by atoms with Crippen LogP contribution in [0.15, 0.2) is 22.3 Å². The summed E-state index contributed by atoms with van der Waals surface area (Å²) in [5.41, 5.74) is 0.945. The third-order valence-corrected chi connectivity index (χ3v) is 2.76. The second kappa shape index (κ2) is 4.31. The minimum Gasteiger partial charge on any atom is -0.285 e. The number of carbonyl (C=O) groups is 2. The number of rotatable bonds is 2. The molecule has 2 nitrogen and oxygen atoms in total. The van der Waals surface area contributed by atoms with Crippen LogP contribution in [-0.2, 0) is 9.59 Å². The molecule has 82 valence electrons. The van der Waals surface area contributed by atoms with Crippen molar-refractivity contribution in [3.63, 3.8) is 0 Å². The molecule has 0 atom stereocenters. The van der Waals surface area contributed by atoms with Crippen molar-refractivity contribution in [1.82, 2.24) is 0 Å². The van der Waals surface area contributed by atoms with Gasteiger partial charge in [-0.15, -0.1) is 0 Å². The van der Waals surface area contributed by atoms with E-state index in [2.05, 4.69) is 0 Å². The molecule has 0 aromatic carbocycles. The van der Waals surface area contributed by atoms with Gasteiger partial charge in [-0.25, -0.2) is 0 Å². The summed E-state index contributed by atoms with van der Waals surface area (Å²) < 4.78 is 0. The summed E-state index contributed by atoms with van der Waals surface area (Å²) in [5, 5.41) is 0.415. The summed E-state index contributed by atoms with van der Waals surface area (Å²) in [5.74, 6) is -0.831. The molecule has 3 heteroatoms. The van der Waals surface area contributed by atoms with Gasteiger partial charge in [0.1, 0.15) is 0 Å². The Morgan fingerprint density at radius 2 is 1.53 bits per heavy atom. The van der Waals surface area contributed by atoms with E-state index in [4.69, 9.17) is 11.6 Å². The van der Waals surface area contributed by atoms with Gasteiger partial charge in [0.15, 0.2) is 0 Å². The maximum atomic E-state index is 11.8. The van der Waals surface area contributed by atoms with E-state index < -0.39 is 11.6 Å². The van der Waals surface area contributed by atoms with Crippen molar-refractivity contribution in [2.75, 3.05) is 0 Å². The molecule has 15 heavy (non-hydrogen) atoms. The lowest BCUT2D eigenvalue weighted by atomic mass is 9.85. The van der Waals surface area contributed by atoms with Crippen LogP contribution in [0.25, 0.3) is 0 Å². The Bertz CT molecular complexity index is 373. The fourth-order valence-corrected chi connectivity index (χ4v) is 2.03. The smallest absolute Gasteiger partial charge is 0.230 e. The predicted molar refractivity (Wildman–Crippen MR) is 60.7 cm³/mol. The van der Waals surface area contributed by atoms with Crippen molar-refractivity contribution >= 4 is 23.2 Å². The largest absolute Gasteiger partial charge is 0.285 e. The number of Topliss-reactive ketones (excluding diaryl/α,β-unsaturated/α-hetero) is 2. The summed E-state index contributed by atoms with van der Waals surface area (Å²) in [6.07, 6.45) is 1.63. The van der Waals surface area contributed by atoms with Gasteiger partial charge in [-0.05, 0) is 17.9 Å². The molecule has 0 saturated carbocycles. The molecule has 1 aliphatic carbocycles. The number of ketones is 2. The molecule has 0 aromatic heterocycles. The monoisotopic (exact) mass is 226 g/mol. The van der Waals surface area contributed by atoms with Crippen LogP contribution < -0.4 is 0 Å².